The van der Waals surface area contributed by atoms with E-state index in [0.717, 1.165) is 16.9 Å². The Labute approximate surface area is 167 Å². The molecule has 0 atom stereocenters. The van der Waals surface area contributed by atoms with Crippen molar-refractivity contribution in [2.24, 2.45) is 0 Å². The molecule has 0 bridgehead atoms. The first-order valence-corrected chi connectivity index (χ1v) is 9.03. The fourth-order valence-corrected chi connectivity index (χ4v) is 2.90. The third kappa shape index (κ3) is 4.21. The minimum atomic E-state index is -0.563. The maximum atomic E-state index is 12.2. The molecule has 0 radical (unpaired) electrons. The van der Waals surface area contributed by atoms with Crippen molar-refractivity contribution in [2.45, 2.75) is 13.5 Å². The van der Waals surface area contributed by atoms with E-state index in [1.54, 1.807) is 47.3 Å². The Morgan fingerprint density at radius 1 is 1.10 bits per heavy atom. The number of nitrogens with zero attached hydrogens (tertiary/aromatic N) is 2. The van der Waals surface area contributed by atoms with Gasteiger partial charge in [-0.1, -0.05) is 6.07 Å². The summed E-state index contributed by atoms with van der Waals surface area (Å²) in [5.74, 6) is 0.381. The fraction of sp³-hybridized carbons (Fsp3) is 0.190. The SMILES string of the molecule is Cc1ccnn1-c1ccc(C(=O)OCC(=O)NCc2ccc3c(c2)OCO3)cc1. The summed E-state index contributed by atoms with van der Waals surface area (Å²) in [4.78, 5) is 24.1. The van der Waals surface area contributed by atoms with Crippen LogP contribution in [0.2, 0.25) is 0 Å². The van der Waals surface area contributed by atoms with Crippen LogP contribution in [0.4, 0.5) is 0 Å². The highest BCUT2D eigenvalue weighted by Gasteiger charge is 2.14. The Bertz CT molecular complexity index is 1040. The van der Waals surface area contributed by atoms with Crippen LogP contribution in [0.5, 0.6) is 11.5 Å². The Kier molecular flexibility index (Phi) is 5.15. The third-order valence-corrected chi connectivity index (χ3v) is 4.44. The summed E-state index contributed by atoms with van der Waals surface area (Å²) in [5, 5.41) is 6.92. The molecule has 148 valence electrons. The summed E-state index contributed by atoms with van der Waals surface area (Å²) in [7, 11) is 0. The molecule has 1 aliphatic heterocycles. The largest absolute Gasteiger partial charge is 0.454 e. The van der Waals surface area contributed by atoms with Gasteiger partial charge in [-0.2, -0.15) is 5.10 Å². The highest BCUT2D eigenvalue weighted by molar-refractivity contribution is 5.91. The van der Waals surface area contributed by atoms with Crippen LogP contribution in [-0.2, 0) is 16.1 Å². The number of rotatable bonds is 6. The van der Waals surface area contributed by atoms with Crippen LogP contribution in [0.3, 0.4) is 0 Å². The second-order valence-electron chi connectivity index (χ2n) is 6.47. The summed E-state index contributed by atoms with van der Waals surface area (Å²) >= 11 is 0. The molecule has 0 fully saturated rings. The number of aryl methyl sites for hydroxylation is 1. The molecule has 0 saturated heterocycles. The molecule has 1 aliphatic rings. The van der Waals surface area contributed by atoms with Gasteiger partial charge in [0.05, 0.1) is 11.3 Å². The van der Waals surface area contributed by atoms with Crippen molar-refractivity contribution in [3.05, 3.63) is 71.5 Å². The van der Waals surface area contributed by atoms with Crippen LogP contribution in [0.25, 0.3) is 5.69 Å². The van der Waals surface area contributed by atoms with E-state index in [2.05, 4.69) is 10.4 Å². The van der Waals surface area contributed by atoms with E-state index in [1.807, 2.05) is 19.1 Å². The number of fused-ring (bicyclic) bond motifs is 1. The number of esters is 1. The van der Waals surface area contributed by atoms with E-state index in [4.69, 9.17) is 14.2 Å². The number of carbonyl (C=O) groups excluding carboxylic acids is 2. The normalized spacial score (nSPS) is 11.9. The van der Waals surface area contributed by atoms with Crippen LogP contribution in [0.1, 0.15) is 21.6 Å². The Hall–Kier alpha value is -3.81. The average Bonchev–Trinajstić information content (AvgIpc) is 3.38. The molecule has 1 amide bonds. The number of carbonyl (C=O) groups is 2. The molecule has 0 spiro atoms. The molecule has 0 unspecified atom stereocenters. The van der Waals surface area contributed by atoms with Gasteiger partial charge in [0.1, 0.15) is 0 Å². The van der Waals surface area contributed by atoms with Crippen LogP contribution in [0.15, 0.2) is 54.7 Å². The van der Waals surface area contributed by atoms with Gasteiger partial charge in [0.15, 0.2) is 18.1 Å². The molecular formula is C21H19N3O5. The van der Waals surface area contributed by atoms with Gasteiger partial charge >= 0.3 is 5.97 Å². The lowest BCUT2D eigenvalue weighted by Crippen LogP contribution is -2.28. The minimum Gasteiger partial charge on any atom is -0.454 e. The van der Waals surface area contributed by atoms with Crippen LogP contribution < -0.4 is 14.8 Å². The van der Waals surface area contributed by atoms with Gasteiger partial charge in [-0.15, -0.1) is 0 Å². The topological polar surface area (TPSA) is 91.7 Å². The molecular weight excluding hydrogens is 374 g/mol. The average molecular weight is 393 g/mol. The lowest BCUT2D eigenvalue weighted by atomic mass is 10.2. The van der Waals surface area contributed by atoms with Crippen molar-refractivity contribution in [1.29, 1.82) is 0 Å². The number of aromatic nitrogens is 2. The zero-order valence-electron chi connectivity index (χ0n) is 15.8. The Balaban J connectivity index is 1.27. The van der Waals surface area contributed by atoms with E-state index in [0.29, 0.717) is 23.6 Å². The molecule has 29 heavy (non-hydrogen) atoms. The van der Waals surface area contributed by atoms with Crippen molar-refractivity contribution in [2.75, 3.05) is 13.4 Å². The number of hydrogen-bond donors (Lipinski definition) is 1. The quantitative estimate of drug-likeness (QED) is 0.647. The van der Waals surface area contributed by atoms with Gasteiger partial charge in [0.25, 0.3) is 5.91 Å². The van der Waals surface area contributed by atoms with E-state index >= 15 is 0 Å². The monoisotopic (exact) mass is 393 g/mol. The standard InChI is InChI=1S/C21H19N3O5/c1-14-8-9-23-24(14)17-5-3-16(4-6-17)21(26)27-12-20(25)22-11-15-2-7-18-19(10-15)29-13-28-18/h2-10H,11-13H2,1H3,(H,22,25). The molecule has 1 aromatic heterocycles. The number of amides is 1. The maximum absolute atomic E-state index is 12.2. The summed E-state index contributed by atoms with van der Waals surface area (Å²) in [5.41, 5.74) is 3.05. The van der Waals surface area contributed by atoms with Crippen molar-refractivity contribution < 1.29 is 23.8 Å². The van der Waals surface area contributed by atoms with E-state index in [-0.39, 0.29) is 19.3 Å². The summed E-state index contributed by atoms with van der Waals surface area (Å²) in [6, 6.07) is 14.2. The minimum absolute atomic E-state index is 0.198. The molecule has 4 rings (SSSR count). The number of hydrogen-bond acceptors (Lipinski definition) is 6. The van der Waals surface area contributed by atoms with Gasteiger partial charge in [-0.25, -0.2) is 9.48 Å². The fourth-order valence-electron chi connectivity index (χ4n) is 2.90. The molecule has 8 nitrogen and oxygen atoms in total. The van der Waals surface area contributed by atoms with Crippen molar-refractivity contribution in [3.63, 3.8) is 0 Å². The smallest absolute Gasteiger partial charge is 0.338 e. The van der Waals surface area contributed by atoms with Crippen LogP contribution >= 0.6 is 0 Å². The van der Waals surface area contributed by atoms with Gasteiger partial charge in [-0.3, -0.25) is 4.79 Å². The molecule has 1 N–H and O–H groups in total. The molecule has 3 aromatic rings. The van der Waals surface area contributed by atoms with Gasteiger partial charge in [0, 0.05) is 18.4 Å². The predicted molar refractivity (Wildman–Crippen MR) is 103 cm³/mol. The van der Waals surface area contributed by atoms with E-state index < -0.39 is 5.97 Å². The summed E-state index contributed by atoms with van der Waals surface area (Å²) in [6.07, 6.45) is 1.71. The first-order valence-electron chi connectivity index (χ1n) is 9.03. The van der Waals surface area contributed by atoms with Gasteiger partial charge in [0.2, 0.25) is 6.79 Å². The molecule has 0 saturated carbocycles. The first kappa shape index (κ1) is 18.5. The predicted octanol–water partition coefficient (Wildman–Crippen LogP) is 2.38. The van der Waals surface area contributed by atoms with Crippen molar-refractivity contribution in [3.8, 4) is 17.2 Å². The summed E-state index contributed by atoms with van der Waals surface area (Å²) < 4.78 is 17.4. The second kappa shape index (κ2) is 8.05. The molecule has 8 heteroatoms. The van der Waals surface area contributed by atoms with E-state index in [9.17, 15) is 9.59 Å². The summed E-state index contributed by atoms with van der Waals surface area (Å²) in [6.45, 7) is 2.08. The van der Waals surface area contributed by atoms with Crippen molar-refractivity contribution >= 4 is 11.9 Å². The Morgan fingerprint density at radius 2 is 1.90 bits per heavy atom. The van der Waals surface area contributed by atoms with Crippen LogP contribution in [-0.4, -0.2) is 35.1 Å². The second-order valence-corrected chi connectivity index (χ2v) is 6.47. The maximum Gasteiger partial charge on any atom is 0.338 e. The first-order chi connectivity index (χ1) is 14.1. The lowest BCUT2D eigenvalue weighted by Gasteiger charge is -2.08. The van der Waals surface area contributed by atoms with Gasteiger partial charge < -0.3 is 19.5 Å². The Morgan fingerprint density at radius 3 is 2.66 bits per heavy atom. The van der Waals surface area contributed by atoms with Crippen molar-refractivity contribution in [1.82, 2.24) is 15.1 Å². The van der Waals surface area contributed by atoms with E-state index in [1.165, 1.54) is 0 Å². The number of benzene rings is 2. The van der Waals surface area contributed by atoms with Crippen LogP contribution in [0, 0.1) is 6.92 Å². The zero-order chi connectivity index (χ0) is 20.2. The lowest BCUT2D eigenvalue weighted by molar-refractivity contribution is -0.124. The third-order valence-electron chi connectivity index (χ3n) is 4.44. The van der Waals surface area contributed by atoms with Gasteiger partial charge in [-0.05, 0) is 55.0 Å². The zero-order valence-corrected chi connectivity index (χ0v) is 15.8. The highest BCUT2D eigenvalue weighted by atomic mass is 16.7. The molecule has 2 aromatic carbocycles. The molecule has 2 heterocycles. The number of ether oxygens (including phenoxy) is 3. The molecule has 0 aliphatic carbocycles. The number of nitrogens with one attached hydrogen (secondary N) is 1. The highest BCUT2D eigenvalue weighted by Crippen LogP contribution is 2.32.